The van der Waals surface area contributed by atoms with Crippen LogP contribution in [0.25, 0.3) is 0 Å². The molecule has 0 unspecified atom stereocenters. The lowest BCUT2D eigenvalue weighted by molar-refractivity contribution is -0.118. The van der Waals surface area contributed by atoms with Crippen LogP contribution >= 0.6 is 11.6 Å². The number of hydrogen-bond acceptors (Lipinski definition) is 5. The van der Waals surface area contributed by atoms with Gasteiger partial charge in [0.1, 0.15) is 11.5 Å². The molecule has 0 bridgehead atoms. The highest BCUT2D eigenvalue weighted by Crippen LogP contribution is 2.27. The molecule has 0 saturated heterocycles. The van der Waals surface area contributed by atoms with E-state index < -0.39 is 15.9 Å². The molecule has 2 N–H and O–H groups in total. The van der Waals surface area contributed by atoms with Crippen LogP contribution in [0.1, 0.15) is 13.8 Å². The summed E-state index contributed by atoms with van der Waals surface area (Å²) in [5.74, 6) is 0.354. The molecule has 1 amide bonds. The highest BCUT2D eigenvalue weighted by Gasteiger charge is 2.18. The van der Waals surface area contributed by atoms with E-state index in [1.165, 1.54) is 25.3 Å². The van der Waals surface area contributed by atoms with Gasteiger partial charge in [0.05, 0.1) is 17.7 Å². The van der Waals surface area contributed by atoms with E-state index >= 15 is 0 Å². The van der Waals surface area contributed by atoms with Gasteiger partial charge in [0, 0.05) is 11.1 Å². The van der Waals surface area contributed by atoms with E-state index in [-0.39, 0.29) is 23.2 Å². The molecule has 0 atom stereocenters. The molecule has 0 fully saturated rings. The molecular weight excluding hydrogens is 392 g/mol. The Balaban J connectivity index is 2.12. The first-order valence-electron chi connectivity index (χ1n) is 8.10. The Kier molecular flexibility index (Phi) is 7.06. The van der Waals surface area contributed by atoms with Gasteiger partial charge in [0.15, 0.2) is 6.61 Å². The van der Waals surface area contributed by atoms with Crippen molar-refractivity contribution in [2.24, 2.45) is 0 Å². The Bertz CT molecular complexity index is 898. The Hall–Kier alpha value is -2.29. The quantitative estimate of drug-likeness (QED) is 0.695. The average Bonchev–Trinajstić information content (AvgIpc) is 2.60. The second kappa shape index (κ2) is 9.07. The molecule has 0 spiro atoms. The van der Waals surface area contributed by atoms with Crippen molar-refractivity contribution in [3.05, 3.63) is 47.5 Å². The molecule has 0 aliphatic heterocycles. The zero-order valence-electron chi connectivity index (χ0n) is 15.2. The third kappa shape index (κ3) is 6.13. The van der Waals surface area contributed by atoms with E-state index in [2.05, 4.69) is 10.0 Å². The fourth-order valence-corrected chi connectivity index (χ4v) is 3.60. The Morgan fingerprint density at radius 2 is 1.81 bits per heavy atom. The molecule has 0 radical (unpaired) electrons. The van der Waals surface area contributed by atoms with Crippen LogP contribution in [-0.2, 0) is 14.8 Å². The van der Waals surface area contributed by atoms with Crippen LogP contribution in [0.15, 0.2) is 47.4 Å². The summed E-state index contributed by atoms with van der Waals surface area (Å²) in [5, 5.41) is 3.16. The van der Waals surface area contributed by atoms with Gasteiger partial charge in [-0.15, -0.1) is 0 Å². The molecule has 2 aromatic rings. The molecule has 146 valence electrons. The predicted octanol–water partition coefficient (Wildman–Crippen LogP) is 3.05. The summed E-state index contributed by atoms with van der Waals surface area (Å²) in [6.07, 6.45) is 0. The van der Waals surface area contributed by atoms with E-state index in [4.69, 9.17) is 21.1 Å². The summed E-state index contributed by atoms with van der Waals surface area (Å²) in [7, 11) is -2.28. The van der Waals surface area contributed by atoms with Gasteiger partial charge in [-0.25, -0.2) is 13.1 Å². The largest absolute Gasteiger partial charge is 0.495 e. The lowest BCUT2D eigenvalue weighted by Crippen LogP contribution is -2.30. The second-order valence-corrected chi connectivity index (χ2v) is 8.08. The van der Waals surface area contributed by atoms with Crippen molar-refractivity contribution in [1.29, 1.82) is 0 Å². The van der Waals surface area contributed by atoms with Gasteiger partial charge in [-0.3, -0.25) is 4.79 Å². The number of benzene rings is 2. The molecule has 2 rings (SSSR count). The van der Waals surface area contributed by atoms with Crippen molar-refractivity contribution < 1.29 is 22.7 Å². The third-order valence-corrected chi connectivity index (χ3v) is 5.24. The van der Waals surface area contributed by atoms with E-state index in [1.54, 1.807) is 38.1 Å². The highest BCUT2D eigenvalue weighted by atomic mass is 35.5. The summed E-state index contributed by atoms with van der Waals surface area (Å²) >= 11 is 5.80. The summed E-state index contributed by atoms with van der Waals surface area (Å²) in [5.41, 5.74) is 0.230. The summed E-state index contributed by atoms with van der Waals surface area (Å²) in [6, 6.07) is 10.5. The van der Waals surface area contributed by atoms with Crippen molar-refractivity contribution in [2.45, 2.75) is 24.8 Å². The molecule has 2 aromatic carbocycles. The fraction of sp³-hybridized carbons (Fsp3) is 0.278. The zero-order valence-corrected chi connectivity index (χ0v) is 16.7. The maximum absolute atomic E-state index is 12.3. The number of ether oxygens (including phenoxy) is 2. The average molecular weight is 413 g/mol. The van der Waals surface area contributed by atoms with E-state index in [0.717, 1.165) is 0 Å². The van der Waals surface area contributed by atoms with E-state index in [0.29, 0.717) is 16.5 Å². The molecule has 27 heavy (non-hydrogen) atoms. The highest BCUT2D eigenvalue weighted by molar-refractivity contribution is 7.89. The molecule has 0 aliphatic rings. The lowest BCUT2D eigenvalue weighted by atomic mass is 10.3. The van der Waals surface area contributed by atoms with Crippen LogP contribution in [0.3, 0.4) is 0 Å². The number of halogens is 1. The number of carbonyl (C=O) groups is 1. The summed E-state index contributed by atoms with van der Waals surface area (Å²) in [6.45, 7) is 3.18. The topological polar surface area (TPSA) is 93.7 Å². The second-order valence-electron chi connectivity index (χ2n) is 5.93. The number of rotatable bonds is 8. The van der Waals surface area contributed by atoms with Crippen LogP contribution in [-0.4, -0.2) is 34.1 Å². The van der Waals surface area contributed by atoms with Gasteiger partial charge < -0.3 is 14.8 Å². The maximum Gasteiger partial charge on any atom is 0.262 e. The summed E-state index contributed by atoms with van der Waals surface area (Å²) < 4.78 is 37.7. The minimum atomic E-state index is -3.70. The molecule has 0 saturated carbocycles. The SMILES string of the molecule is COc1ccc(S(=O)(=O)NC(C)C)cc1NC(=O)COc1ccc(Cl)cc1. The minimum Gasteiger partial charge on any atom is -0.495 e. The molecule has 9 heteroatoms. The van der Waals surface area contributed by atoms with E-state index in [9.17, 15) is 13.2 Å². The van der Waals surface area contributed by atoms with Gasteiger partial charge in [0.25, 0.3) is 5.91 Å². The van der Waals surface area contributed by atoms with Crippen LogP contribution in [0.4, 0.5) is 5.69 Å². The number of sulfonamides is 1. The first-order valence-corrected chi connectivity index (χ1v) is 9.96. The Labute approximate surface area is 163 Å². The van der Waals surface area contributed by atoms with Crippen LogP contribution < -0.4 is 19.5 Å². The molecule has 7 nitrogen and oxygen atoms in total. The van der Waals surface area contributed by atoms with Crippen LogP contribution in [0.2, 0.25) is 5.02 Å². The molecule has 0 aromatic heterocycles. The zero-order chi connectivity index (χ0) is 20.0. The van der Waals surface area contributed by atoms with E-state index in [1.807, 2.05) is 0 Å². The smallest absolute Gasteiger partial charge is 0.262 e. The fourth-order valence-electron chi connectivity index (χ4n) is 2.20. The number of amides is 1. The van der Waals surface area contributed by atoms with Crippen LogP contribution in [0, 0.1) is 0 Å². The summed E-state index contributed by atoms with van der Waals surface area (Å²) in [4.78, 5) is 12.2. The minimum absolute atomic E-state index is 0.0194. The van der Waals surface area contributed by atoms with Gasteiger partial charge >= 0.3 is 0 Å². The van der Waals surface area contributed by atoms with Gasteiger partial charge in [-0.1, -0.05) is 11.6 Å². The molecule has 0 heterocycles. The number of carbonyl (C=O) groups excluding carboxylic acids is 1. The van der Waals surface area contributed by atoms with Gasteiger partial charge in [0.2, 0.25) is 10.0 Å². The van der Waals surface area contributed by atoms with Crippen molar-refractivity contribution in [1.82, 2.24) is 4.72 Å². The first kappa shape index (κ1) is 21.0. The number of methoxy groups -OCH3 is 1. The molecular formula is C18H21ClN2O5S. The standard InChI is InChI=1S/C18H21ClN2O5S/c1-12(2)21-27(23,24)15-8-9-17(25-3)16(10-15)20-18(22)11-26-14-6-4-13(19)5-7-14/h4-10,12,21H,11H2,1-3H3,(H,20,22). The van der Waals surface area contributed by atoms with Crippen LogP contribution in [0.5, 0.6) is 11.5 Å². The number of anilines is 1. The first-order chi connectivity index (χ1) is 12.7. The number of nitrogens with one attached hydrogen (secondary N) is 2. The van der Waals surface area contributed by atoms with Gasteiger partial charge in [-0.05, 0) is 56.3 Å². The third-order valence-electron chi connectivity index (χ3n) is 3.33. The monoisotopic (exact) mass is 412 g/mol. The van der Waals surface area contributed by atoms with Crippen molar-refractivity contribution in [3.63, 3.8) is 0 Å². The number of hydrogen-bond donors (Lipinski definition) is 2. The van der Waals surface area contributed by atoms with Gasteiger partial charge in [-0.2, -0.15) is 0 Å². The maximum atomic E-state index is 12.3. The van der Waals surface area contributed by atoms with Crippen molar-refractivity contribution >= 4 is 33.2 Å². The molecule has 0 aliphatic carbocycles. The Morgan fingerprint density at radius 3 is 2.41 bits per heavy atom. The predicted molar refractivity (Wildman–Crippen MR) is 104 cm³/mol. The Morgan fingerprint density at radius 1 is 1.15 bits per heavy atom. The van der Waals surface area contributed by atoms with Crippen molar-refractivity contribution in [2.75, 3.05) is 19.0 Å². The van der Waals surface area contributed by atoms with Crippen molar-refractivity contribution in [3.8, 4) is 11.5 Å². The normalized spacial score (nSPS) is 11.3. The lowest BCUT2D eigenvalue weighted by Gasteiger charge is -2.14.